The lowest BCUT2D eigenvalue weighted by molar-refractivity contribution is 0.214. The monoisotopic (exact) mass is 246 g/mol. The zero-order chi connectivity index (χ0) is 13.3. The van der Waals surface area contributed by atoms with E-state index in [9.17, 15) is 5.11 Å². The molecule has 1 N–H and O–H groups in total. The third kappa shape index (κ3) is 2.24. The van der Waals surface area contributed by atoms with Crippen LogP contribution in [0.3, 0.4) is 0 Å². The number of rotatable bonds is 3. The number of aryl methyl sites for hydroxylation is 3. The van der Waals surface area contributed by atoms with Crippen molar-refractivity contribution in [3.8, 4) is 5.75 Å². The first-order chi connectivity index (χ1) is 8.52. The van der Waals surface area contributed by atoms with Crippen LogP contribution in [-0.4, -0.2) is 22.0 Å². The molecule has 0 radical (unpaired) electrons. The largest absolute Gasteiger partial charge is 0.496 e. The Balaban J connectivity index is 2.50. The summed E-state index contributed by atoms with van der Waals surface area (Å²) in [6, 6.07) is 3.97. The molecule has 0 fully saturated rings. The lowest BCUT2D eigenvalue weighted by atomic mass is 9.96. The second kappa shape index (κ2) is 4.82. The molecule has 4 nitrogen and oxygen atoms in total. The van der Waals surface area contributed by atoms with Crippen LogP contribution < -0.4 is 4.74 Å². The Morgan fingerprint density at radius 2 is 2.06 bits per heavy atom. The molecule has 2 rings (SSSR count). The number of benzene rings is 1. The van der Waals surface area contributed by atoms with E-state index in [0.29, 0.717) is 5.75 Å². The number of aromatic nitrogens is 2. The number of methoxy groups -OCH3 is 1. The molecule has 1 atom stereocenters. The molecule has 0 saturated carbocycles. The van der Waals surface area contributed by atoms with Gasteiger partial charge in [0.2, 0.25) is 0 Å². The summed E-state index contributed by atoms with van der Waals surface area (Å²) in [5.74, 6) is 0.712. The van der Waals surface area contributed by atoms with Gasteiger partial charge in [-0.2, -0.15) is 5.10 Å². The molecular weight excluding hydrogens is 228 g/mol. The number of aliphatic hydroxyl groups is 1. The highest BCUT2D eigenvalue weighted by Gasteiger charge is 2.19. The fourth-order valence-corrected chi connectivity index (χ4v) is 2.21. The molecule has 2 aromatic rings. The van der Waals surface area contributed by atoms with E-state index in [1.165, 1.54) is 0 Å². The second-order valence-corrected chi connectivity index (χ2v) is 4.55. The first-order valence-corrected chi connectivity index (χ1v) is 5.84. The molecule has 1 aromatic heterocycles. The van der Waals surface area contributed by atoms with Crippen molar-refractivity contribution in [1.82, 2.24) is 9.78 Å². The van der Waals surface area contributed by atoms with Crippen LogP contribution in [0.1, 0.15) is 28.4 Å². The number of nitrogens with zero attached hydrogens (tertiary/aromatic N) is 2. The molecule has 1 unspecified atom stereocenters. The van der Waals surface area contributed by atoms with Gasteiger partial charge in [-0.3, -0.25) is 4.68 Å². The Morgan fingerprint density at radius 1 is 1.33 bits per heavy atom. The van der Waals surface area contributed by atoms with Crippen LogP contribution in [0.25, 0.3) is 0 Å². The van der Waals surface area contributed by atoms with Crippen LogP contribution in [0.2, 0.25) is 0 Å². The predicted molar refractivity (Wildman–Crippen MR) is 69.7 cm³/mol. The SMILES string of the molecule is COc1cc(C)cc(C)c1C(O)c1cnn(C)c1. The summed E-state index contributed by atoms with van der Waals surface area (Å²) in [5.41, 5.74) is 3.70. The van der Waals surface area contributed by atoms with E-state index in [1.54, 1.807) is 18.0 Å². The van der Waals surface area contributed by atoms with Crippen molar-refractivity contribution in [2.75, 3.05) is 7.11 Å². The van der Waals surface area contributed by atoms with E-state index in [1.807, 2.05) is 39.2 Å². The molecule has 0 aliphatic carbocycles. The van der Waals surface area contributed by atoms with Gasteiger partial charge in [0.15, 0.2) is 0 Å². The van der Waals surface area contributed by atoms with Gasteiger partial charge in [-0.05, 0) is 31.0 Å². The quantitative estimate of drug-likeness (QED) is 0.902. The molecule has 96 valence electrons. The van der Waals surface area contributed by atoms with Gasteiger partial charge in [0.25, 0.3) is 0 Å². The van der Waals surface area contributed by atoms with Crippen LogP contribution in [0, 0.1) is 13.8 Å². The summed E-state index contributed by atoms with van der Waals surface area (Å²) in [4.78, 5) is 0. The first-order valence-electron chi connectivity index (χ1n) is 5.84. The van der Waals surface area contributed by atoms with Gasteiger partial charge in [-0.15, -0.1) is 0 Å². The third-order valence-corrected chi connectivity index (χ3v) is 3.03. The van der Waals surface area contributed by atoms with Crippen molar-refractivity contribution in [1.29, 1.82) is 0 Å². The molecule has 0 amide bonds. The first kappa shape index (κ1) is 12.6. The number of aliphatic hydroxyl groups excluding tert-OH is 1. The molecule has 0 spiro atoms. The summed E-state index contributed by atoms with van der Waals surface area (Å²) in [7, 11) is 3.45. The summed E-state index contributed by atoms with van der Waals surface area (Å²) in [6.45, 7) is 3.99. The summed E-state index contributed by atoms with van der Waals surface area (Å²) < 4.78 is 7.04. The highest BCUT2D eigenvalue weighted by Crippen LogP contribution is 2.33. The fourth-order valence-electron chi connectivity index (χ4n) is 2.21. The van der Waals surface area contributed by atoms with Gasteiger partial charge in [0, 0.05) is 24.4 Å². The third-order valence-electron chi connectivity index (χ3n) is 3.03. The zero-order valence-electron chi connectivity index (χ0n) is 11.1. The van der Waals surface area contributed by atoms with E-state index < -0.39 is 6.10 Å². The number of hydrogen-bond donors (Lipinski definition) is 1. The Kier molecular flexibility index (Phi) is 3.39. The van der Waals surface area contributed by atoms with Gasteiger partial charge >= 0.3 is 0 Å². The predicted octanol–water partition coefficient (Wildman–Crippen LogP) is 2.13. The maximum Gasteiger partial charge on any atom is 0.125 e. The summed E-state index contributed by atoms with van der Waals surface area (Å²) >= 11 is 0. The lowest BCUT2D eigenvalue weighted by Gasteiger charge is -2.17. The van der Waals surface area contributed by atoms with Gasteiger partial charge < -0.3 is 9.84 Å². The van der Waals surface area contributed by atoms with Crippen molar-refractivity contribution < 1.29 is 9.84 Å². The Labute approximate surface area is 107 Å². The van der Waals surface area contributed by atoms with Crippen LogP contribution in [0.5, 0.6) is 5.75 Å². The highest BCUT2D eigenvalue weighted by atomic mass is 16.5. The number of ether oxygens (including phenoxy) is 1. The molecule has 1 heterocycles. The van der Waals surface area contributed by atoms with Gasteiger partial charge in [-0.1, -0.05) is 6.07 Å². The summed E-state index contributed by atoms with van der Waals surface area (Å²) in [5, 5.41) is 14.5. The molecule has 0 saturated heterocycles. The van der Waals surface area contributed by atoms with Gasteiger partial charge in [0.05, 0.1) is 13.3 Å². The Hall–Kier alpha value is -1.81. The van der Waals surface area contributed by atoms with E-state index in [4.69, 9.17) is 4.74 Å². The van der Waals surface area contributed by atoms with Crippen LogP contribution in [0.4, 0.5) is 0 Å². The van der Waals surface area contributed by atoms with Gasteiger partial charge in [-0.25, -0.2) is 0 Å². The standard InChI is InChI=1S/C14H18N2O2/c1-9-5-10(2)13(12(6-9)18-4)14(17)11-7-15-16(3)8-11/h5-8,14,17H,1-4H3. The highest BCUT2D eigenvalue weighted by molar-refractivity contribution is 5.47. The van der Waals surface area contributed by atoms with Crippen molar-refractivity contribution >= 4 is 0 Å². The lowest BCUT2D eigenvalue weighted by Crippen LogP contribution is -2.04. The van der Waals surface area contributed by atoms with Crippen LogP contribution in [-0.2, 0) is 7.05 Å². The van der Waals surface area contributed by atoms with Crippen LogP contribution >= 0.6 is 0 Å². The van der Waals surface area contributed by atoms with Crippen molar-refractivity contribution in [3.63, 3.8) is 0 Å². The molecule has 0 aliphatic rings. The topological polar surface area (TPSA) is 47.3 Å². The van der Waals surface area contributed by atoms with E-state index in [0.717, 1.165) is 22.3 Å². The van der Waals surface area contributed by atoms with Crippen molar-refractivity contribution in [2.24, 2.45) is 7.05 Å². The smallest absolute Gasteiger partial charge is 0.125 e. The Morgan fingerprint density at radius 3 is 2.61 bits per heavy atom. The van der Waals surface area contributed by atoms with Gasteiger partial charge in [0.1, 0.15) is 11.9 Å². The summed E-state index contributed by atoms with van der Waals surface area (Å²) in [6.07, 6.45) is 2.77. The number of hydrogen-bond acceptors (Lipinski definition) is 3. The average molecular weight is 246 g/mol. The maximum absolute atomic E-state index is 10.5. The van der Waals surface area contributed by atoms with E-state index in [2.05, 4.69) is 5.10 Å². The maximum atomic E-state index is 10.5. The average Bonchev–Trinajstić information content (AvgIpc) is 2.74. The van der Waals surface area contributed by atoms with Crippen molar-refractivity contribution in [3.05, 3.63) is 46.8 Å². The minimum atomic E-state index is -0.714. The Bertz CT molecular complexity index is 561. The van der Waals surface area contributed by atoms with E-state index >= 15 is 0 Å². The van der Waals surface area contributed by atoms with Crippen molar-refractivity contribution in [2.45, 2.75) is 20.0 Å². The van der Waals surface area contributed by atoms with Crippen LogP contribution in [0.15, 0.2) is 24.5 Å². The molecular formula is C14H18N2O2. The minimum absolute atomic E-state index is 0.712. The normalized spacial score (nSPS) is 12.5. The second-order valence-electron chi connectivity index (χ2n) is 4.55. The minimum Gasteiger partial charge on any atom is -0.496 e. The molecule has 4 heteroatoms. The molecule has 0 aliphatic heterocycles. The molecule has 18 heavy (non-hydrogen) atoms. The fraction of sp³-hybridized carbons (Fsp3) is 0.357. The molecule has 1 aromatic carbocycles. The van der Waals surface area contributed by atoms with E-state index in [-0.39, 0.29) is 0 Å². The molecule has 0 bridgehead atoms. The zero-order valence-corrected chi connectivity index (χ0v) is 11.1.